The number of imidazole rings is 1. The smallest absolute Gasteiger partial charge is 0.182 e. The van der Waals surface area contributed by atoms with Crippen LogP contribution < -0.4 is 10.6 Å². The van der Waals surface area contributed by atoms with Crippen LogP contribution in [0.4, 0.5) is 5.82 Å². The maximum Gasteiger partial charge on any atom is 0.182 e. The van der Waals surface area contributed by atoms with Crippen LogP contribution in [0.1, 0.15) is 12.8 Å². The second-order valence-corrected chi connectivity index (χ2v) is 5.14. The fourth-order valence-electron chi connectivity index (χ4n) is 2.54. The van der Waals surface area contributed by atoms with Crippen molar-refractivity contribution in [3.05, 3.63) is 12.7 Å². The van der Waals surface area contributed by atoms with Gasteiger partial charge in [-0.2, -0.15) is 0 Å². The van der Waals surface area contributed by atoms with Gasteiger partial charge in [0, 0.05) is 26.7 Å². The first-order valence-electron chi connectivity index (χ1n) is 6.42. The van der Waals surface area contributed by atoms with Gasteiger partial charge in [-0.25, -0.2) is 15.0 Å². The molecule has 0 atom stereocenters. The van der Waals surface area contributed by atoms with Gasteiger partial charge in [-0.1, -0.05) is 0 Å². The monoisotopic (exact) mass is 262 g/mol. The lowest BCUT2D eigenvalue weighted by atomic mass is 9.92. The minimum Gasteiger partial charge on any atom is -0.388 e. The lowest BCUT2D eigenvalue weighted by Crippen LogP contribution is -2.49. The van der Waals surface area contributed by atoms with E-state index in [1.54, 1.807) is 6.33 Å². The highest BCUT2D eigenvalue weighted by Gasteiger charge is 2.32. The molecule has 0 saturated carbocycles. The molecule has 0 radical (unpaired) electrons. The Labute approximate surface area is 111 Å². The number of hydrogen-bond donors (Lipinski definition) is 2. The molecule has 7 nitrogen and oxygen atoms in total. The fourth-order valence-corrected chi connectivity index (χ4v) is 2.54. The summed E-state index contributed by atoms with van der Waals surface area (Å²) in [7, 11) is 1.93. The minimum atomic E-state index is -0.727. The van der Waals surface area contributed by atoms with Gasteiger partial charge in [0.05, 0.1) is 11.9 Å². The van der Waals surface area contributed by atoms with E-state index in [9.17, 15) is 5.11 Å². The zero-order chi connectivity index (χ0) is 13.5. The fraction of sp³-hybridized carbons (Fsp3) is 0.583. The molecular weight excluding hydrogens is 244 g/mol. The molecule has 0 spiro atoms. The van der Waals surface area contributed by atoms with Crippen LogP contribution in [0.25, 0.3) is 11.2 Å². The van der Waals surface area contributed by atoms with Crippen molar-refractivity contribution in [1.82, 2.24) is 19.5 Å². The summed E-state index contributed by atoms with van der Waals surface area (Å²) in [6.45, 7) is 1.79. The van der Waals surface area contributed by atoms with Crippen LogP contribution in [0.3, 0.4) is 0 Å². The number of nitrogens with two attached hydrogens (primary N) is 1. The molecule has 1 aliphatic heterocycles. The lowest BCUT2D eigenvalue weighted by Gasteiger charge is -2.38. The number of aliphatic hydroxyl groups is 1. The molecule has 19 heavy (non-hydrogen) atoms. The van der Waals surface area contributed by atoms with Gasteiger partial charge in [0.1, 0.15) is 11.8 Å². The van der Waals surface area contributed by atoms with Crippen molar-refractivity contribution in [3.8, 4) is 0 Å². The van der Waals surface area contributed by atoms with E-state index in [0.717, 1.165) is 24.4 Å². The summed E-state index contributed by atoms with van der Waals surface area (Å²) in [5.74, 6) is 0.879. The summed E-state index contributed by atoms with van der Waals surface area (Å²) in [4.78, 5) is 14.9. The van der Waals surface area contributed by atoms with E-state index < -0.39 is 5.60 Å². The van der Waals surface area contributed by atoms with E-state index in [-0.39, 0.29) is 0 Å². The maximum atomic E-state index is 10.2. The molecule has 7 heteroatoms. The van der Waals surface area contributed by atoms with Crippen LogP contribution >= 0.6 is 0 Å². The number of hydrogen-bond acceptors (Lipinski definition) is 6. The van der Waals surface area contributed by atoms with Crippen molar-refractivity contribution < 1.29 is 5.11 Å². The molecule has 3 heterocycles. The van der Waals surface area contributed by atoms with E-state index in [1.165, 1.54) is 6.33 Å². The minimum absolute atomic E-state index is 0.311. The van der Waals surface area contributed by atoms with Gasteiger partial charge in [-0.3, -0.25) is 0 Å². The number of nitrogens with zero attached hydrogens (tertiary/aromatic N) is 5. The van der Waals surface area contributed by atoms with Crippen molar-refractivity contribution in [1.29, 1.82) is 0 Å². The Morgan fingerprint density at radius 1 is 1.32 bits per heavy atom. The van der Waals surface area contributed by atoms with Gasteiger partial charge in [-0.15, -0.1) is 0 Å². The van der Waals surface area contributed by atoms with Gasteiger partial charge >= 0.3 is 0 Å². The maximum absolute atomic E-state index is 10.2. The Hall–Kier alpha value is -1.73. The molecule has 0 aliphatic carbocycles. The number of anilines is 1. The van der Waals surface area contributed by atoms with Crippen LogP contribution in [0.5, 0.6) is 0 Å². The average molecular weight is 262 g/mol. The quantitative estimate of drug-likeness (QED) is 0.768. The molecule has 1 saturated heterocycles. The van der Waals surface area contributed by atoms with E-state index in [0.29, 0.717) is 25.0 Å². The molecule has 0 bridgehead atoms. The Kier molecular flexibility index (Phi) is 2.87. The van der Waals surface area contributed by atoms with Crippen molar-refractivity contribution in [2.45, 2.75) is 18.4 Å². The molecule has 3 rings (SSSR count). The van der Waals surface area contributed by atoms with E-state index in [4.69, 9.17) is 5.73 Å². The van der Waals surface area contributed by atoms with Crippen molar-refractivity contribution >= 4 is 17.0 Å². The zero-order valence-corrected chi connectivity index (χ0v) is 11.0. The second kappa shape index (κ2) is 4.43. The molecular formula is C12H18N6O. The molecule has 0 aromatic carbocycles. The molecule has 102 valence electrons. The summed E-state index contributed by atoms with van der Waals surface area (Å²) in [5.41, 5.74) is 6.52. The van der Waals surface area contributed by atoms with Crippen molar-refractivity contribution in [2.24, 2.45) is 12.8 Å². The normalized spacial score (nSPS) is 19.0. The topological polar surface area (TPSA) is 93.1 Å². The van der Waals surface area contributed by atoms with E-state index in [2.05, 4.69) is 19.9 Å². The third-order valence-electron chi connectivity index (χ3n) is 3.86. The molecule has 3 N–H and O–H groups in total. The lowest BCUT2D eigenvalue weighted by molar-refractivity contribution is 0.0249. The molecule has 0 amide bonds. The summed E-state index contributed by atoms with van der Waals surface area (Å²) >= 11 is 0. The summed E-state index contributed by atoms with van der Waals surface area (Å²) in [6.07, 6.45) is 4.59. The number of piperidine rings is 1. The molecule has 1 fully saturated rings. The highest BCUT2D eigenvalue weighted by Crippen LogP contribution is 2.28. The highest BCUT2D eigenvalue weighted by molar-refractivity contribution is 5.83. The van der Waals surface area contributed by atoms with Crippen LogP contribution in [0.2, 0.25) is 0 Å². The van der Waals surface area contributed by atoms with Crippen molar-refractivity contribution in [2.75, 3.05) is 24.5 Å². The van der Waals surface area contributed by atoms with Gasteiger partial charge in [-0.05, 0) is 12.8 Å². The Bertz CT molecular complexity index is 587. The first kappa shape index (κ1) is 12.3. The molecule has 1 aliphatic rings. The highest BCUT2D eigenvalue weighted by atomic mass is 16.3. The Morgan fingerprint density at radius 2 is 2.05 bits per heavy atom. The number of fused-ring (bicyclic) bond motifs is 1. The van der Waals surface area contributed by atoms with Crippen molar-refractivity contribution in [3.63, 3.8) is 0 Å². The molecule has 2 aromatic heterocycles. The Morgan fingerprint density at radius 3 is 2.74 bits per heavy atom. The molecule has 2 aromatic rings. The summed E-state index contributed by atoms with van der Waals surface area (Å²) in [6, 6.07) is 0. The third-order valence-corrected chi connectivity index (χ3v) is 3.86. The van der Waals surface area contributed by atoms with Gasteiger partial charge in [0.25, 0.3) is 0 Å². The zero-order valence-electron chi connectivity index (χ0n) is 11.0. The first-order valence-corrected chi connectivity index (χ1v) is 6.42. The first-order chi connectivity index (χ1) is 9.13. The number of aryl methyl sites for hydroxylation is 1. The summed E-state index contributed by atoms with van der Waals surface area (Å²) in [5, 5.41) is 10.2. The third kappa shape index (κ3) is 2.04. The van der Waals surface area contributed by atoms with Crippen LogP contribution in [0, 0.1) is 0 Å². The predicted molar refractivity (Wildman–Crippen MR) is 71.8 cm³/mol. The summed E-state index contributed by atoms with van der Waals surface area (Å²) < 4.78 is 1.93. The number of rotatable bonds is 2. The van der Waals surface area contributed by atoms with E-state index in [1.807, 2.05) is 11.6 Å². The SMILES string of the molecule is Cn1cnc2ncnc(N3CCC(O)(CN)CC3)c21. The predicted octanol–water partition coefficient (Wildman–Crippen LogP) is -0.347. The second-order valence-electron chi connectivity index (χ2n) is 5.14. The van der Waals surface area contributed by atoms with Crippen LogP contribution in [0.15, 0.2) is 12.7 Å². The largest absolute Gasteiger partial charge is 0.388 e. The van der Waals surface area contributed by atoms with Crippen LogP contribution in [-0.2, 0) is 7.05 Å². The van der Waals surface area contributed by atoms with Gasteiger partial charge in [0.2, 0.25) is 0 Å². The average Bonchev–Trinajstić information content (AvgIpc) is 2.82. The Balaban J connectivity index is 1.92. The number of aromatic nitrogens is 4. The van der Waals surface area contributed by atoms with Gasteiger partial charge in [0.15, 0.2) is 11.5 Å². The van der Waals surface area contributed by atoms with Crippen LogP contribution in [-0.4, -0.2) is 49.9 Å². The van der Waals surface area contributed by atoms with Gasteiger partial charge < -0.3 is 20.3 Å². The van der Waals surface area contributed by atoms with E-state index >= 15 is 0 Å². The standard InChI is InChI=1S/C12H18N6O/c1-17-8-16-10-9(17)11(15-7-14-10)18-4-2-12(19,6-13)3-5-18/h7-8,19H,2-6,13H2,1H3. The molecule has 0 unspecified atom stereocenters.